The van der Waals surface area contributed by atoms with Crippen LogP contribution >= 0.6 is 0 Å². The fraction of sp³-hybridized carbons (Fsp3) is 0.350. The van der Waals surface area contributed by atoms with Gasteiger partial charge < -0.3 is 19.3 Å². The van der Waals surface area contributed by atoms with Gasteiger partial charge in [0.1, 0.15) is 17.1 Å². The summed E-state index contributed by atoms with van der Waals surface area (Å²) in [6.45, 7) is 4.65. The van der Waals surface area contributed by atoms with Crippen molar-refractivity contribution < 1.29 is 28.3 Å². The third-order valence-electron chi connectivity index (χ3n) is 4.83. The first-order chi connectivity index (χ1) is 13.3. The molecule has 1 aromatic carbocycles. The standard InChI is InChI=1S/C20H21FN2O5/c1-3-17-14(20(26)27)11-18(28-17)19(25)23-8-6-22(7-9-23)16-5-4-13(12(2)24)10-15(16)21/h4-5,10-11H,3,6-9H2,1-2H3,(H,26,27). The highest BCUT2D eigenvalue weighted by Gasteiger charge is 2.27. The third-order valence-corrected chi connectivity index (χ3v) is 4.83. The maximum absolute atomic E-state index is 14.3. The SMILES string of the molecule is CCc1oc(C(=O)N2CCN(c3ccc(C(C)=O)cc3F)CC2)cc1C(=O)O. The number of piperazine rings is 1. The lowest BCUT2D eigenvalue weighted by molar-refractivity contribution is 0.0689. The Balaban J connectivity index is 1.69. The van der Waals surface area contributed by atoms with Gasteiger partial charge in [0.25, 0.3) is 5.91 Å². The minimum Gasteiger partial charge on any atom is -0.478 e. The number of rotatable bonds is 5. The van der Waals surface area contributed by atoms with Crippen molar-refractivity contribution in [2.45, 2.75) is 20.3 Å². The van der Waals surface area contributed by atoms with Gasteiger partial charge in [0.2, 0.25) is 0 Å². The number of furan rings is 1. The number of Topliss-reactive ketones (excluding diaryl/α,β-unsaturated/α-hetero) is 1. The molecule has 1 aliphatic rings. The van der Waals surface area contributed by atoms with Gasteiger partial charge in [0, 0.05) is 44.2 Å². The number of carboxylic acids is 1. The van der Waals surface area contributed by atoms with E-state index in [1.807, 2.05) is 4.90 Å². The predicted molar refractivity (Wildman–Crippen MR) is 99.6 cm³/mol. The normalized spacial score (nSPS) is 14.2. The largest absolute Gasteiger partial charge is 0.478 e. The van der Waals surface area contributed by atoms with Gasteiger partial charge in [-0.2, -0.15) is 0 Å². The molecule has 1 aromatic heterocycles. The van der Waals surface area contributed by atoms with Crippen molar-refractivity contribution in [1.29, 1.82) is 0 Å². The first kappa shape index (κ1) is 19.6. The molecular formula is C20H21FN2O5. The Labute approximate surface area is 161 Å². The average molecular weight is 388 g/mol. The molecule has 0 spiro atoms. The molecule has 148 valence electrons. The summed E-state index contributed by atoms with van der Waals surface area (Å²) in [6, 6.07) is 5.64. The van der Waals surface area contributed by atoms with Crippen molar-refractivity contribution in [2.75, 3.05) is 31.1 Å². The number of aryl methyl sites for hydroxylation is 1. The minimum atomic E-state index is -1.13. The van der Waals surface area contributed by atoms with E-state index in [1.165, 1.54) is 19.1 Å². The fourth-order valence-electron chi connectivity index (χ4n) is 3.27. The van der Waals surface area contributed by atoms with Crippen LogP contribution in [0.1, 0.15) is 50.9 Å². The highest BCUT2D eigenvalue weighted by Crippen LogP contribution is 2.24. The molecule has 2 heterocycles. The molecule has 1 aliphatic heterocycles. The maximum atomic E-state index is 14.3. The lowest BCUT2D eigenvalue weighted by atomic mass is 10.1. The van der Waals surface area contributed by atoms with Crippen molar-refractivity contribution in [3.8, 4) is 0 Å². The number of ketones is 1. The summed E-state index contributed by atoms with van der Waals surface area (Å²) in [5, 5.41) is 9.19. The zero-order valence-corrected chi connectivity index (χ0v) is 15.7. The Bertz CT molecular complexity index is 929. The molecule has 0 atom stereocenters. The van der Waals surface area contributed by atoms with Gasteiger partial charge in [-0.3, -0.25) is 9.59 Å². The lowest BCUT2D eigenvalue weighted by Gasteiger charge is -2.35. The van der Waals surface area contributed by atoms with Crippen LogP contribution in [0.2, 0.25) is 0 Å². The van der Waals surface area contributed by atoms with Crippen LogP contribution in [-0.2, 0) is 6.42 Å². The second-order valence-electron chi connectivity index (χ2n) is 6.61. The van der Waals surface area contributed by atoms with Gasteiger partial charge >= 0.3 is 5.97 Å². The second kappa shape index (κ2) is 7.84. The van der Waals surface area contributed by atoms with Gasteiger partial charge in [-0.25, -0.2) is 9.18 Å². The Kier molecular flexibility index (Phi) is 5.48. The molecule has 1 N–H and O–H groups in total. The van der Waals surface area contributed by atoms with Crippen molar-refractivity contribution in [3.05, 3.63) is 52.7 Å². The van der Waals surface area contributed by atoms with Crippen LogP contribution in [0.25, 0.3) is 0 Å². The Morgan fingerprint density at radius 3 is 2.32 bits per heavy atom. The number of carbonyl (C=O) groups is 3. The van der Waals surface area contributed by atoms with Crippen molar-refractivity contribution >= 4 is 23.3 Å². The van der Waals surface area contributed by atoms with Crippen LogP contribution in [0.5, 0.6) is 0 Å². The number of carbonyl (C=O) groups excluding carboxylic acids is 2. The topological polar surface area (TPSA) is 91.1 Å². The Morgan fingerprint density at radius 1 is 1.14 bits per heavy atom. The third kappa shape index (κ3) is 3.76. The molecule has 1 saturated heterocycles. The first-order valence-electron chi connectivity index (χ1n) is 9.02. The second-order valence-corrected chi connectivity index (χ2v) is 6.61. The van der Waals surface area contributed by atoms with E-state index < -0.39 is 11.8 Å². The minimum absolute atomic E-state index is 0.000285. The van der Waals surface area contributed by atoms with Crippen LogP contribution in [0.15, 0.2) is 28.7 Å². The van der Waals surface area contributed by atoms with Crippen LogP contribution in [-0.4, -0.2) is 53.8 Å². The summed E-state index contributed by atoms with van der Waals surface area (Å²) in [5.41, 5.74) is 0.697. The van der Waals surface area contributed by atoms with E-state index in [9.17, 15) is 23.9 Å². The fourth-order valence-corrected chi connectivity index (χ4v) is 3.27. The van der Waals surface area contributed by atoms with E-state index in [0.717, 1.165) is 0 Å². The number of anilines is 1. The van der Waals surface area contributed by atoms with Gasteiger partial charge in [-0.1, -0.05) is 6.92 Å². The molecule has 0 radical (unpaired) electrons. The van der Waals surface area contributed by atoms with E-state index >= 15 is 0 Å². The zero-order valence-electron chi connectivity index (χ0n) is 15.7. The molecule has 3 rings (SSSR count). The average Bonchev–Trinajstić information content (AvgIpc) is 3.12. The number of aromatic carboxylic acids is 1. The molecule has 0 unspecified atom stereocenters. The van der Waals surface area contributed by atoms with Gasteiger partial charge in [-0.15, -0.1) is 0 Å². The summed E-state index contributed by atoms with van der Waals surface area (Å²) < 4.78 is 19.8. The maximum Gasteiger partial charge on any atom is 0.339 e. The number of nitrogens with zero attached hydrogens (tertiary/aromatic N) is 2. The lowest BCUT2D eigenvalue weighted by Crippen LogP contribution is -2.49. The number of carboxylic acid groups (broad SMARTS) is 1. The van der Waals surface area contributed by atoms with E-state index in [0.29, 0.717) is 43.9 Å². The van der Waals surface area contributed by atoms with E-state index in [4.69, 9.17) is 4.42 Å². The molecule has 7 nitrogen and oxygen atoms in total. The molecule has 1 amide bonds. The van der Waals surface area contributed by atoms with Gasteiger partial charge in [-0.05, 0) is 25.1 Å². The van der Waals surface area contributed by atoms with Gasteiger partial charge in [0.15, 0.2) is 11.5 Å². The number of halogens is 1. The summed E-state index contributed by atoms with van der Waals surface area (Å²) in [7, 11) is 0. The summed E-state index contributed by atoms with van der Waals surface area (Å²) in [4.78, 5) is 38.6. The number of hydrogen-bond donors (Lipinski definition) is 1. The molecule has 0 saturated carbocycles. The molecule has 28 heavy (non-hydrogen) atoms. The predicted octanol–water partition coefficient (Wildman–Crippen LogP) is 2.84. The summed E-state index contributed by atoms with van der Waals surface area (Å²) in [5.74, 6) is -1.92. The Hall–Kier alpha value is -3.16. The monoisotopic (exact) mass is 388 g/mol. The zero-order chi connectivity index (χ0) is 20.4. The molecule has 8 heteroatoms. The van der Waals surface area contributed by atoms with Crippen LogP contribution < -0.4 is 4.90 Å². The van der Waals surface area contributed by atoms with Crippen molar-refractivity contribution in [2.24, 2.45) is 0 Å². The number of benzene rings is 1. The molecule has 2 aromatic rings. The quantitative estimate of drug-likeness (QED) is 0.792. The molecule has 0 aliphatic carbocycles. The number of hydrogen-bond acceptors (Lipinski definition) is 5. The van der Waals surface area contributed by atoms with Crippen LogP contribution in [0, 0.1) is 5.82 Å². The summed E-state index contributed by atoms with van der Waals surface area (Å²) in [6.07, 6.45) is 0.373. The van der Waals surface area contributed by atoms with Crippen LogP contribution in [0.3, 0.4) is 0 Å². The van der Waals surface area contributed by atoms with Crippen molar-refractivity contribution in [1.82, 2.24) is 4.90 Å². The summed E-state index contributed by atoms with van der Waals surface area (Å²) >= 11 is 0. The highest BCUT2D eigenvalue weighted by molar-refractivity contribution is 5.96. The molecule has 1 fully saturated rings. The van der Waals surface area contributed by atoms with E-state index in [-0.39, 0.29) is 28.8 Å². The number of amides is 1. The molecule has 0 bridgehead atoms. The van der Waals surface area contributed by atoms with Crippen molar-refractivity contribution in [3.63, 3.8) is 0 Å². The highest BCUT2D eigenvalue weighted by atomic mass is 19.1. The smallest absolute Gasteiger partial charge is 0.339 e. The Morgan fingerprint density at radius 2 is 1.82 bits per heavy atom. The van der Waals surface area contributed by atoms with E-state index in [1.54, 1.807) is 24.0 Å². The van der Waals surface area contributed by atoms with Crippen LogP contribution in [0.4, 0.5) is 10.1 Å². The molecular weight excluding hydrogens is 367 g/mol. The van der Waals surface area contributed by atoms with E-state index in [2.05, 4.69) is 0 Å². The van der Waals surface area contributed by atoms with Gasteiger partial charge in [0.05, 0.1) is 5.69 Å². The first-order valence-corrected chi connectivity index (χ1v) is 9.02.